The van der Waals surface area contributed by atoms with Crippen molar-refractivity contribution >= 4 is 17.3 Å². The molecule has 0 radical (unpaired) electrons. The lowest BCUT2D eigenvalue weighted by Crippen LogP contribution is -3.10. The summed E-state index contributed by atoms with van der Waals surface area (Å²) in [6, 6.07) is 10.0. The molecular formula is C19H21N6O+. The Balaban J connectivity index is 1.45. The number of aliphatic imine (C=N–C) groups is 1. The van der Waals surface area contributed by atoms with Gasteiger partial charge in [0.05, 0.1) is 19.0 Å². The van der Waals surface area contributed by atoms with Gasteiger partial charge in [-0.15, -0.1) is 0 Å². The van der Waals surface area contributed by atoms with Gasteiger partial charge in [0.25, 0.3) is 0 Å². The van der Waals surface area contributed by atoms with E-state index in [1.54, 1.807) is 0 Å². The highest BCUT2D eigenvalue weighted by Crippen LogP contribution is 2.39. The summed E-state index contributed by atoms with van der Waals surface area (Å²) in [5.74, 6) is 3.48. The van der Waals surface area contributed by atoms with Gasteiger partial charge in [-0.2, -0.15) is 5.10 Å². The number of H-pyrrole nitrogens is 1. The van der Waals surface area contributed by atoms with Gasteiger partial charge in [0.15, 0.2) is 5.82 Å². The molecule has 1 saturated carbocycles. The van der Waals surface area contributed by atoms with Crippen molar-refractivity contribution < 1.29 is 10.0 Å². The number of aromatic amines is 1. The Morgan fingerprint density at radius 3 is 3.08 bits per heavy atom. The quantitative estimate of drug-likeness (QED) is 0.656. The summed E-state index contributed by atoms with van der Waals surface area (Å²) in [6.45, 7) is 0.740. The van der Waals surface area contributed by atoms with E-state index in [0.29, 0.717) is 12.5 Å². The number of nitrogens with one attached hydrogen (secondary N) is 3. The van der Waals surface area contributed by atoms with Crippen molar-refractivity contribution in [2.75, 3.05) is 16.8 Å². The maximum absolute atomic E-state index is 9.41. The lowest BCUT2D eigenvalue weighted by atomic mass is 10.2. The van der Waals surface area contributed by atoms with E-state index in [4.69, 9.17) is 0 Å². The standard InChI is InChI=1S/C19H20N6O/c26-12-13-2-1-3-15(8-13)24-10-18-20-6-7-25(18)19(11-24)21-17-9-16(22-23-17)14-4-5-14/h1-3,6-9,11,14,26H,4-5,10,12H2,(H2,21,22,23)/p+1. The predicted molar refractivity (Wildman–Crippen MR) is 99.5 cm³/mol. The fourth-order valence-corrected chi connectivity index (χ4v) is 3.41. The van der Waals surface area contributed by atoms with E-state index < -0.39 is 0 Å². The third-order valence-electron chi connectivity index (χ3n) is 4.98. The van der Waals surface area contributed by atoms with E-state index in [-0.39, 0.29) is 6.61 Å². The fourth-order valence-electron chi connectivity index (χ4n) is 3.41. The number of benzene rings is 1. The van der Waals surface area contributed by atoms with E-state index in [2.05, 4.69) is 37.7 Å². The highest BCUT2D eigenvalue weighted by molar-refractivity contribution is 5.84. The number of amidine groups is 1. The van der Waals surface area contributed by atoms with E-state index in [9.17, 15) is 5.11 Å². The van der Waals surface area contributed by atoms with Gasteiger partial charge in [-0.1, -0.05) is 12.1 Å². The lowest BCUT2D eigenvalue weighted by Gasteiger charge is -2.29. The number of hydrogen-bond acceptors (Lipinski definition) is 5. The molecule has 2 aromatic rings. The molecule has 1 atom stereocenters. The molecule has 7 heteroatoms. The Bertz CT molecular complexity index is 924. The van der Waals surface area contributed by atoms with E-state index >= 15 is 0 Å². The SMILES string of the molecule is OCc1cccc(N2C=C(Nc3cc(C4CC4)[nH]n3)[NH+]3C=CN=C3C2)c1. The molecule has 1 unspecified atom stereocenters. The third kappa shape index (κ3) is 2.81. The topological polar surface area (TPSA) is 81.0 Å². The van der Waals surface area contributed by atoms with Crippen LogP contribution in [0.3, 0.4) is 0 Å². The van der Waals surface area contributed by atoms with Gasteiger partial charge >= 0.3 is 0 Å². The Morgan fingerprint density at radius 2 is 2.23 bits per heavy atom. The first-order valence-corrected chi connectivity index (χ1v) is 8.91. The highest BCUT2D eigenvalue weighted by atomic mass is 16.3. The summed E-state index contributed by atoms with van der Waals surface area (Å²) in [5.41, 5.74) is 3.13. The smallest absolute Gasteiger partial charge is 0.232 e. The van der Waals surface area contributed by atoms with Crippen LogP contribution in [0, 0.1) is 0 Å². The summed E-state index contributed by atoms with van der Waals surface area (Å²) >= 11 is 0. The van der Waals surface area contributed by atoms with Crippen molar-refractivity contribution in [3.63, 3.8) is 0 Å². The zero-order valence-corrected chi connectivity index (χ0v) is 14.3. The average Bonchev–Trinajstić information content (AvgIpc) is 3.23. The van der Waals surface area contributed by atoms with Gasteiger partial charge in [0, 0.05) is 23.4 Å². The monoisotopic (exact) mass is 349 g/mol. The molecule has 7 nitrogen and oxygen atoms in total. The normalized spacial score (nSPS) is 21.4. The highest BCUT2D eigenvalue weighted by Gasteiger charge is 2.32. The summed E-state index contributed by atoms with van der Waals surface area (Å²) in [5, 5.41) is 20.4. The number of nitrogens with zero attached hydrogens (tertiary/aromatic N) is 3. The molecule has 3 aliphatic rings. The zero-order valence-electron chi connectivity index (χ0n) is 14.3. The molecule has 4 N–H and O–H groups in total. The lowest BCUT2D eigenvalue weighted by molar-refractivity contribution is -0.698. The maximum Gasteiger partial charge on any atom is 0.232 e. The second kappa shape index (κ2) is 6.12. The largest absolute Gasteiger partial charge is 0.392 e. The van der Waals surface area contributed by atoms with Gasteiger partial charge < -0.3 is 10.0 Å². The van der Waals surface area contributed by atoms with Crippen molar-refractivity contribution in [3.05, 3.63) is 66.0 Å². The van der Waals surface area contributed by atoms with Crippen LogP contribution in [-0.4, -0.2) is 27.7 Å². The molecular weight excluding hydrogens is 328 g/mol. The Labute approximate surface area is 151 Å². The summed E-state index contributed by atoms with van der Waals surface area (Å²) < 4.78 is 0. The minimum Gasteiger partial charge on any atom is -0.392 e. The van der Waals surface area contributed by atoms with Crippen LogP contribution in [0.4, 0.5) is 11.5 Å². The molecule has 132 valence electrons. The first-order chi connectivity index (χ1) is 12.8. The average molecular weight is 349 g/mol. The Kier molecular flexibility index (Phi) is 3.62. The van der Waals surface area contributed by atoms with Crippen LogP contribution in [0.1, 0.15) is 30.0 Å². The van der Waals surface area contributed by atoms with Crippen molar-refractivity contribution in [1.82, 2.24) is 10.2 Å². The molecule has 1 aromatic heterocycles. The molecule has 26 heavy (non-hydrogen) atoms. The van der Waals surface area contributed by atoms with Crippen LogP contribution >= 0.6 is 0 Å². The molecule has 1 fully saturated rings. The van der Waals surface area contributed by atoms with E-state index in [0.717, 1.165) is 33.6 Å². The number of quaternary nitrogens is 1. The Morgan fingerprint density at radius 1 is 1.31 bits per heavy atom. The number of aliphatic hydroxyl groups excluding tert-OH is 1. The number of aromatic nitrogens is 2. The maximum atomic E-state index is 9.41. The van der Waals surface area contributed by atoms with Crippen LogP contribution in [0.15, 0.2) is 59.7 Å². The molecule has 0 spiro atoms. The molecule has 1 aromatic carbocycles. The minimum absolute atomic E-state index is 0.0353. The molecule has 2 aliphatic heterocycles. The van der Waals surface area contributed by atoms with Crippen LogP contribution < -0.4 is 15.1 Å². The van der Waals surface area contributed by atoms with Gasteiger partial charge in [0.2, 0.25) is 11.7 Å². The first-order valence-electron chi connectivity index (χ1n) is 8.91. The fraction of sp³-hybridized carbons (Fsp3) is 0.263. The molecule has 1 aliphatic carbocycles. The van der Waals surface area contributed by atoms with Crippen LogP contribution in [0.2, 0.25) is 0 Å². The van der Waals surface area contributed by atoms with Crippen LogP contribution in [0.25, 0.3) is 0 Å². The number of rotatable bonds is 5. The van der Waals surface area contributed by atoms with Crippen LogP contribution in [0.5, 0.6) is 0 Å². The van der Waals surface area contributed by atoms with Gasteiger partial charge in [-0.25, -0.2) is 9.89 Å². The van der Waals surface area contributed by atoms with E-state index in [1.165, 1.54) is 18.5 Å². The second-order valence-corrected chi connectivity index (χ2v) is 6.91. The van der Waals surface area contributed by atoms with Crippen molar-refractivity contribution in [3.8, 4) is 0 Å². The zero-order chi connectivity index (χ0) is 17.5. The predicted octanol–water partition coefficient (Wildman–Crippen LogP) is 1.28. The molecule has 3 heterocycles. The molecule has 5 rings (SSSR count). The number of anilines is 2. The van der Waals surface area contributed by atoms with Gasteiger partial charge in [-0.3, -0.25) is 10.4 Å². The van der Waals surface area contributed by atoms with Crippen LogP contribution in [-0.2, 0) is 6.61 Å². The summed E-state index contributed by atoms with van der Waals surface area (Å²) in [4.78, 5) is 7.76. The van der Waals surface area contributed by atoms with Gasteiger partial charge in [-0.05, 0) is 30.5 Å². The Hall–Kier alpha value is -2.90. The summed E-state index contributed by atoms with van der Waals surface area (Å²) in [7, 11) is 0. The van der Waals surface area contributed by atoms with Crippen molar-refractivity contribution in [2.24, 2.45) is 4.99 Å². The summed E-state index contributed by atoms with van der Waals surface area (Å²) in [6.07, 6.45) is 8.45. The third-order valence-corrected chi connectivity index (χ3v) is 4.98. The van der Waals surface area contributed by atoms with Crippen molar-refractivity contribution in [1.29, 1.82) is 0 Å². The molecule has 0 bridgehead atoms. The minimum atomic E-state index is 0.0353. The number of hydrogen-bond donors (Lipinski definition) is 4. The van der Waals surface area contributed by atoms with E-state index in [1.807, 2.05) is 36.7 Å². The second-order valence-electron chi connectivity index (χ2n) is 6.91. The molecule has 0 saturated heterocycles. The number of fused-ring (bicyclic) bond motifs is 1. The van der Waals surface area contributed by atoms with Gasteiger partial charge in [0.1, 0.15) is 12.7 Å². The van der Waals surface area contributed by atoms with Crippen molar-refractivity contribution in [2.45, 2.75) is 25.4 Å². The first kappa shape index (κ1) is 15.4. The number of aliphatic hydroxyl groups is 1. The molecule has 0 amide bonds.